The van der Waals surface area contributed by atoms with E-state index < -0.39 is 6.09 Å². The molecule has 4 nitrogen and oxygen atoms in total. The first-order chi connectivity index (χ1) is 6.19. The van der Waals surface area contributed by atoms with Gasteiger partial charge in [0.15, 0.2) is 0 Å². The highest BCUT2D eigenvalue weighted by atomic mass is 16.4. The quantitative estimate of drug-likeness (QED) is 0.701. The van der Waals surface area contributed by atoms with Gasteiger partial charge in [-0.15, -0.1) is 0 Å². The highest BCUT2D eigenvalue weighted by molar-refractivity contribution is 5.65. The van der Waals surface area contributed by atoms with Gasteiger partial charge in [0, 0.05) is 25.7 Å². The molecule has 0 radical (unpaired) electrons. The maximum Gasteiger partial charge on any atom is 0.407 e. The molecule has 76 valence electrons. The minimum atomic E-state index is -0.783. The van der Waals surface area contributed by atoms with Crippen molar-refractivity contribution in [3.63, 3.8) is 0 Å². The molecule has 0 aromatic heterocycles. The number of carboxylic acid groups (broad SMARTS) is 1. The molecule has 0 spiro atoms. The summed E-state index contributed by atoms with van der Waals surface area (Å²) in [4.78, 5) is 14.6. The van der Waals surface area contributed by atoms with Crippen molar-refractivity contribution in [1.82, 2.24) is 9.80 Å². The Kier molecular flexibility index (Phi) is 3.54. The molecule has 0 aromatic rings. The standard InChI is InChI=1S/C9H18N2O2/c1-3-8-7-11(9(12)13)6-5-10(8)4-2/h8H,3-7H2,1-2H3,(H,12,13)/t8-/m1/s1. The van der Waals surface area contributed by atoms with E-state index >= 15 is 0 Å². The summed E-state index contributed by atoms with van der Waals surface area (Å²) in [7, 11) is 0. The third kappa shape index (κ3) is 2.34. The van der Waals surface area contributed by atoms with Crippen molar-refractivity contribution in [2.45, 2.75) is 26.3 Å². The van der Waals surface area contributed by atoms with Crippen molar-refractivity contribution < 1.29 is 9.90 Å². The van der Waals surface area contributed by atoms with Crippen LogP contribution in [-0.4, -0.2) is 53.2 Å². The van der Waals surface area contributed by atoms with Gasteiger partial charge in [-0.3, -0.25) is 4.90 Å². The number of rotatable bonds is 2. The fourth-order valence-corrected chi connectivity index (χ4v) is 1.87. The van der Waals surface area contributed by atoms with E-state index in [9.17, 15) is 4.79 Å². The van der Waals surface area contributed by atoms with E-state index in [-0.39, 0.29) is 0 Å². The summed E-state index contributed by atoms with van der Waals surface area (Å²) in [6.45, 7) is 7.45. The van der Waals surface area contributed by atoms with E-state index in [2.05, 4.69) is 18.7 Å². The minimum absolute atomic E-state index is 0.412. The largest absolute Gasteiger partial charge is 0.465 e. The molecule has 0 bridgehead atoms. The third-order valence-electron chi connectivity index (χ3n) is 2.75. The maximum atomic E-state index is 10.7. The first-order valence-corrected chi connectivity index (χ1v) is 4.91. The first kappa shape index (κ1) is 10.3. The summed E-state index contributed by atoms with van der Waals surface area (Å²) in [6.07, 6.45) is 0.242. The van der Waals surface area contributed by atoms with Crippen LogP contribution in [0.4, 0.5) is 4.79 Å². The van der Waals surface area contributed by atoms with Crippen LogP contribution in [-0.2, 0) is 0 Å². The first-order valence-electron chi connectivity index (χ1n) is 4.91. The lowest BCUT2D eigenvalue weighted by atomic mass is 10.1. The van der Waals surface area contributed by atoms with Crippen LogP contribution in [0, 0.1) is 0 Å². The van der Waals surface area contributed by atoms with E-state index in [4.69, 9.17) is 5.11 Å². The normalized spacial score (nSPS) is 24.8. The fraction of sp³-hybridized carbons (Fsp3) is 0.889. The number of amides is 1. The molecule has 1 amide bonds. The number of piperazine rings is 1. The van der Waals surface area contributed by atoms with Gasteiger partial charge in [-0.2, -0.15) is 0 Å². The molecule has 1 rings (SSSR count). The maximum absolute atomic E-state index is 10.7. The molecule has 4 heteroatoms. The highest BCUT2D eigenvalue weighted by Crippen LogP contribution is 2.12. The van der Waals surface area contributed by atoms with Crippen molar-refractivity contribution in [1.29, 1.82) is 0 Å². The van der Waals surface area contributed by atoms with E-state index in [0.717, 1.165) is 19.5 Å². The van der Waals surface area contributed by atoms with Gasteiger partial charge in [0.25, 0.3) is 0 Å². The molecule has 1 fully saturated rings. The molecule has 1 saturated heterocycles. The van der Waals surface area contributed by atoms with Crippen molar-refractivity contribution in [3.8, 4) is 0 Å². The second-order valence-electron chi connectivity index (χ2n) is 3.42. The molecule has 0 aromatic carbocycles. The molecule has 1 heterocycles. The second kappa shape index (κ2) is 4.46. The second-order valence-corrected chi connectivity index (χ2v) is 3.42. The SMILES string of the molecule is CC[C@@H]1CN(C(=O)O)CCN1CC. The summed E-state index contributed by atoms with van der Waals surface area (Å²) in [5, 5.41) is 8.82. The van der Waals surface area contributed by atoms with E-state index in [0.29, 0.717) is 19.1 Å². The molecule has 1 N–H and O–H groups in total. The zero-order valence-electron chi connectivity index (χ0n) is 8.36. The molecular formula is C9H18N2O2. The molecule has 1 aliphatic heterocycles. The summed E-state index contributed by atoms with van der Waals surface area (Å²) in [5.74, 6) is 0. The van der Waals surface area contributed by atoms with Crippen molar-refractivity contribution >= 4 is 6.09 Å². The average molecular weight is 186 g/mol. The fourth-order valence-electron chi connectivity index (χ4n) is 1.87. The van der Waals surface area contributed by atoms with E-state index in [1.54, 1.807) is 0 Å². The van der Waals surface area contributed by atoms with Crippen LogP contribution in [0.3, 0.4) is 0 Å². The van der Waals surface area contributed by atoms with Crippen molar-refractivity contribution in [3.05, 3.63) is 0 Å². The molecule has 0 saturated carbocycles. The Morgan fingerprint density at radius 2 is 2.15 bits per heavy atom. The number of carbonyl (C=O) groups is 1. The summed E-state index contributed by atoms with van der Waals surface area (Å²) in [6, 6.07) is 0.412. The molecule has 1 aliphatic rings. The summed E-state index contributed by atoms with van der Waals surface area (Å²) < 4.78 is 0. The van der Waals surface area contributed by atoms with Gasteiger partial charge in [-0.25, -0.2) is 4.79 Å². The number of hydrogen-bond donors (Lipinski definition) is 1. The Bertz CT molecular complexity index is 184. The molecule has 13 heavy (non-hydrogen) atoms. The van der Waals surface area contributed by atoms with Gasteiger partial charge in [0.2, 0.25) is 0 Å². The Morgan fingerprint density at radius 3 is 2.62 bits per heavy atom. The van der Waals surface area contributed by atoms with Crippen LogP contribution in [0.1, 0.15) is 20.3 Å². The van der Waals surface area contributed by atoms with E-state index in [1.165, 1.54) is 4.90 Å². The Morgan fingerprint density at radius 1 is 1.46 bits per heavy atom. The monoisotopic (exact) mass is 186 g/mol. The van der Waals surface area contributed by atoms with Gasteiger partial charge in [0.1, 0.15) is 0 Å². The lowest BCUT2D eigenvalue weighted by Gasteiger charge is -2.39. The zero-order chi connectivity index (χ0) is 9.84. The Balaban J connectivity index is 2.52. The predicted octanol–water partition coefficient (Wildman–Crippen LogP) is 1.08. The minimum Gasteiger partial charge on any atom is -0.465 e. The Labute approximate surface area is 79.1 Å². The Hall–Kier alpha value is -0.770. The van der Waals surface area contributed by atoms with Gasteiger partial charge >= 0.3 is 6.09 Å². The van der Waals surface area contributed by atoms with Crippen LogP contribution in [0.2, 0.25) is 0 Å². The van der Waals surface area contributed by atoms with Crippen molar-refractivity contribution in [2.75, 3.05) is 26.2 Å². The lowest BCUT2D eigenvalue weighted by Crippen LogP contribution is -2.54. The van der Waals surface area contributed by atoms with Gasteiger partial charge in [-0.05, 0) is 13.0 Å². The van der Waals surface area contributed by atoms with Gasteiger partial charge < -0.3 is 10.0 Å². The van der Waals surface area contributed by atoms with E-state index in [1.807, 2.05) is 0 Å². The van der Waals surface area contributed by atoms with Crippen LogP contribution in [0.25, 0.3) is 0 Å². The zero-order valence-corrected chi connectivity index (χ0v) is 8.36. The van der Waals surface area contributed by atoms with Crippen LogP contribution >= 0.6 is 0 Å². The molecular weight excluding hydrogens is 168 g/mol. The summed E-state index contributed by atoms with van der Waals surface area (Å²) in [5.41, 5.74) is 0. The molecule has 0 unspecified atom stereocenters. The average Bonchev–Trinajstić information content (AvgIpc) is 2.16. The highest BCUT2D eigenvalue weighted by Gasteiger charge is 2.26. The summed E-state index contributed by atoms with van der Waals surface area (Å²) >= 11 is 0. The number of likely N-dealkylation sites (N-methyl/N-ethyl adjacent to an activating group) is 1. The van der Waals surface area contributed by atoms with Crippen LogP contribution < -0.4 is 0 Å². The number of nitrogens with zero attached hydrogens (tertiary/aromatic N) is 2. The molecule has 1 atom stereocenters. The lowest BCUT2D eigenvalue weighted by molar-refractivity contribution is 0.0703. The predicted molar refractivity (Wildman–Crippen MR) is 50.9 cm³/mol. The molecule has 0 aliphatic carbocycles. The van der Waals surface area contributed by atoms with Crippen LogP contribution in [0.5, 0.6) is 0 Å². The van der Waals surface area contributed by atoms with Crippen LogP contribution in [0.15, 0.2) is 0 Å². The number of hydrogen-bond acceptors (Lipinski definition) is 2. The third-order valence-corrected chi connectivity index (χ3v) is 2.75. The van der Waals surface area contributed by atoms with Crippen molar-refractivity contribution in [2.24, 2.45) is 0 Å². The topological polar surface area (TPSA) is 43.8 Å². The van der Waals surface area contributed by atoms with Gasteiger partial charge in [0.05, 0.1) is 0 Å². The smallest absolute Gasteiger partial charge is 0.407 e. The van der Waals surface area contributed by atoms with Gasteiger partial charge in [-0.1, -0.05) is 13.8 Å².